The van der Waals surface area contributed by atoms with Crippen molar-refractivity contribution in [1.82, 2.24) is 5.32 Å². The third-order valence-corrected chi connectivity index (χ3v) is 3.32. The Morgan fingerprint density at radius 2 is 1.95 bits per heavy atom. The van der Waals surface area contributed by atoms with Gasteiger partial charge in [0.25, 0.3) is 0 Å². The van der Waals surface area contributed by atoms with Crippen molar-refractivity contribution in [1.29, 1.82) is 0 Å². The van der Waals surface area contributed by atoms with Crippen LogP contribution < -0.4 is 15.8 Å². The molecule has 4 heteroatoms. The molecule has 1 unspecified atom stereocenters. The number of carbonyl (C=O) groups is 1. The maximum absolute atomic E-state index is 12.1. The van der Waals surface area contributed by atoms with Gasteiger partial charge in [0.1, 0.15) is 5.75 Å². The van der Waals surface area contributed by atoms with Crippen LogP contribution >= 0.6 is 0 Å². The summed E-state index contributed by atoms with van der Waals surface area (Å²) in [5, 5.41) is 2.97. The molecule has 112 valence electrons. The van der Waals surface area contributed by atoms with Gasteiger partial charge in [0.05, 0.1) is 13.2 Å². The quantitative estimate of drug-likeness (QED) is 0.867. The summed E-state index contributed by atoms with van der Waals surface area (Å²) in [5.41, 5.74) is 6.79. The lowest BCUT2D eigenvalue weighted by atomic mass is 9.86. The zero-order valence-corrected chi connectivity index (χ0v) is 13.1. The highest BCUT2D eigenvalue weighted by atomic mass is 16.5. The van der Waals surface area contributed by atoms with E-state index in [1.807, 2.05) is 52.0 Å². The summed E-state index contributed by atoms with van der Waals surface area (Å²) >= 11 is 0. The van der Waals surface area contributed by atoms with Crippen molar-refractivity contribution in [3.8, 4) is 5.75 Å². The van der Waals surface area contributed by atoms with Crippen molar-refractivity contribution >= 4 is 5.91 Å². The van der Waals surface area contributed by atoms with Crippen LogP contribution in [0.2, 0.25) is 0 Å². The number of nitrogens with two attached hydrogens (primary N) is 1. The minimum Gasteiger partial charge on any atom is -0.496 e. The van der Waals surface area contributed by atoms with Crippen LogP contribution in [0.3, 0.4) is 0 Å². The van der Waals surface area contributed by atoms with Gasteiger partial charge in [0, 0.05) is 6.04 Å². The standard InChI is InChI=1S/C16H26N2O2/c1-11(18-15(19)14(17)16(2,3)4)10-12-8-6-7-9-13(12)20-5/h6-9,11,14H,10,17H2,1-5H3,(H,18,19)/t11?,14-/m1/s1. The fourth-order valence-corrected chi connectivity index (χ4v) is 1.98. The molecule has 0 radical (unpaired) electrons. The van der Waals surface area contributed by atoms with Crippen molar-refractivity contribution in [3.05, 3.63) is 29.8 Å². The summed E-state index contributed by atoms with van der Waals surface area (Å²) in [7, 11) is 1.65. The van der Waals surface area contributed by atoms with Gasteiger partial charge in [-0.25, -0.2) is 0 Å². The summed E-state index contributed by atoms with van der Waals surface area (Å²) in [4.78, 5) is 12.1. The fourth-order valence-electron chi connectivity index (χ4n) is 1.98. The van der Waals surface area contributed by atoms with E-state index in [1.54, 1.807) is 7.11 Å². The summed E-state index contributed by atoms with van der Waals surface area (Å²) in [6.45, 7) is 7.85. The molecule has 0 aliphatic heterocycles. The summed E-state index contributed by atoms with van der Waals surface area (Å²) < 4.78 is 5.32. The number of hydrogen-bond acceptors (Lipinski definition) is 3. The van der Waals surface area contributed by atoms with Gasteiger partial charge in [-0.15, -0.1) is 0 Å². The lowest BCUT2D eigenvalue weighted by Crippen LogP contribution is -2.51. The highest BCUT2D eigenvalue weighted by Crippen LogP contribution is 2.20. The van der Waals surface area contributed by atoms with Crippen LogP contribution in [0.1, 0.15) is 33.3 Å². The number of hydrogen-bond donors (Lipinski definition) is 2. The molecule has 1 aromatic rings. The molecule has 0 bridgehead atoms. The van der Waals surface area contributed by atoms with Crippen molar-refractivity contribution in [2.24, 2.45) is 11.1 Å². The number of carbonyl (C=O) groups excluding carboxylic acids is 1. The molecule has 20 heavy (non-hydrogen) atoms. The average Bonchev–Trinajstić information content (AvgIpc) is 2.37. The number of nitrogens with one attached hydrogen (secondary N) is 1. The minimum absolute atomic E-state index is 0.00667. The Labute approximate surface area is 121 Å². The second-order valence-electron chi connectivity index (χ2n) is 6.27. The highest BCUT2D eigenvalue weighted by molar-refractivity contribution is 5.82. The molecule has 0 saturated heterocycles. The first-order valence-electron chi connectivity index (χ1n) is 6.93. The Kier molecular flexibility index (Phi) is 5.57. The summed E-state index contributed by atoms with van der Waals surface area (Å²) in [5.74, 6) is 0.730. The van der Waals surface area contributed by atoms with Gasteiger partial charge >= 0.3 is 0 Å². The predicted molar refractivity (Wildman–Crippen MR) is 81.7 cm³/mol. The molecule has 0 saturated carbocycles. The molecule has 4 nitrogen and oxygen atoms in total. The third-order valence-electron chi connectivity index (χ3n) is 3.32. The molecule has 1 amide bonds. The van der Waals surface area contributed by atoms with Crippen LogP contribution in [0.4, 0.5) is 0 Å². The number of amides is 1. The van der Waals surface area contributed by atoms with Crippen LogP contribution in [0.15, 0.2) is 24.3 Å². The lowest BCUT2D eigenvalue weighted by molar-refractivity contribution is -0.125. The summed E-state index contributed by atoms with van der Waals surface area (Å²) in [6, 6.07) is 7.32. The third kappa shape index (κ3) is 4.53. The van der Waals surface area contributed by atoms with E-state index in [4.69, 9.17) is 10.5 Å². The van der Waals surface area contributed by atoms with E-state index >= 15 is 0 Å². The normalized spacial score (nSPS) is 14.5. The molecule has 0 fully saturated rings. The van der Waals surface area contributed by atoms with Crippen LogP contribution in [0.25, 0.3) is 0 Å². The molecule has 0 heterocycles. The van der Waals surface area contributed by atoms with Crippen LogP contribution in [-0.2, 0) is 11.2 Å². The molecule has 3 N–H and O–H groups in total. The monoisotopic (exact) mass is 278 g/mol. The summed E-state index contributed by atoms with van der Waals surface area (Å²) in [6.07, 6.45) is 0.715. The van der Waals surface area contributed by atoms with Crippen LogP contribution in [0, 0.1) is 5.41 Å². The second kappa shape index (κ2) is 6.75. The van der Waals surface area contributed by atoms with Crippen LogP contribution in [-0.4, -0.2) is 25.1 Å². The average molecular weight is 278 g/mol. The van der Waals surface area contributed by atoms with E-state index in [1.165, 1.54) is 0 Å². The number of benzene rings is 1. The Bertz CT molecular complexity index is 452. The first-order chi connectivity index (χ1) is 9.25. The van der Waals surface area contributed by atoms with E-state index < -0.39 is 6.04 Å². The molecular weight excluding hydrogens is 252 g/mol. The Morgan fingerprint density at radius 3 is 2.50 bits per heavy atom. The molecule has 0 aromatic heterocycles. The van der Waals surface area contributed by atoms with Gasteiger partial charge in [-0.2, -0.15) is 0 Å². The molecule has 1 rings (SSSR count). The van der Waals surface area contributed by atoms with Gasteiger partial charge in [-0.05, 0) is 30.4 Å². The van der Waals surface area contributed by atoms with Gasteiger partial charge in [0.2, 0.25) is 5.91 Å². The van der Waals surface area contributed by atoms with Crippen LogP contribution in [0.5, 0.6) is 5.75 Å². The van der Waals surface area contributed by atoms with Crippen molar-refractivity contribution < 1.29 is 9.53 Å². The molecule has 2 atom stereocenters. The van der Waals surface area contributed by atoms with Gasteiger partial charge in [-0.1, -0.05) is 39.0 Å². The number of rotatable bonds is 5. The minimum atomic E-state index is -0.511. The van der Waals surface area contributed by atoms with Gasteiger partial charge < -0.3 is 15.8 Å². The topological polar surface area (TPSA) is 64.3 Å². The lowest BCUT2D eigenvalue weighted by Gasteiger charge is -2.27. The molecule has 0 spiro atoms. The predicted octanol–water partition coefficient (Wildman–Crippen LogP) is 2.12. The second-order valence-corrected chi connectivity index (χ2v) is 6.27. The Morgan fingerprint density at radius 1 is 1.35 bits per heavy atom. The number of methoxy groups -OCH3 is 1. The maximum atomic E-state index is 12.1. The first-order valence-corrected chi connectivity index (χ1v) is 6.93. The van der Waals surface area contributed by atoms with Gasteiger partial charge in [-0.3, -0.25) is 4.79 Å². The zero-order chi connectivity index (χ0) is 15.3. The Balaban J connectivity index is 2.64. The molecular formula is C16H26N2O2. The van der Waals surface area contributed by atoms with Crippen molar-refractivity contribution in [2.45, 2.75) is 46.2 Å². The first kappa shape index (κ1) is 16.5. The maximum Gasteiger partial charge on any atom is 0.237 e. The van der Waals surface area contributed by atoms with E-state index in [2.05, 4.69) is 5.32 Å². The molecule has 0 aliphatic rings. The van der Waals surface area contributed by atoms with E-state index in [0.717, 1.165) is 11.3 Å². The number of ether oxygens (including phenoxy) is 1. The number of para-hydroxylation sites is 1. The van der Waals surface area contributed by atoms with Crippen molar-refractivity contribution in [3.63, 3.8) is 0 Å². The van der Waals surface area contributed by atoms with Gasteiger partial charge in [0.15, 0.2) is 0 Å². The highest BCUT2D eigenvalue weighted by Gasteiger charge is 2.28. The Hall–Kier alpha value is -1.55. The SMILES string of the molecule is COc1ccccc1CC(C)NC(=O)[C@@H](N)C(C)(C)C. The van der Waals surface area contributed by atoms with Crippen molar-refractivity contribution in [2.75, 3.05) is 7.11 Å². The zero-order valence-electron chi connectivity index (χ0n) is 13.1. The van der Waals surface area contributed by atoms with E-state index in [-0.39, 0.29) is 17.4 Å². The fraction of sp³-hybridized carbons (Fsp3) is 0.562. The van der Waals surface area contributed by atoms with E-state index in [0.29, 0.717) is 6.42 Å². The molecule has 0 aliphatic carbocycles. The van der Waals surface area contributed by atoms with E-state index in [9.17, 15) is 4.79 Å². The largest absolute Gasteiger partial charge is 0.496 e. The molecule has 1 aromatic carbocycles. The smallest absolute Gasteiger partial charge is 0.237 e.